The van der Waals surface area contributed by atoms with Gasteiger partial charge in [0.1, 0.15) is 6.10 Å². The quantitative estimate of drug-likeness (QED) is 0.123. The molecule has 0 radical (unpaired) electrons. The maximum Gasteiger partial charge on any atom is 0.397 e. The molecule has 1 heterocycles. The van der Waals surface area contributed by atoms with Crippen LogP contribution in [0, 0.1) is 0 Å². The smallest absolute Gasteiger partial charge is 0.397 e. The van der Waals surface area contributed by atoms with Crippen LogP contribution in [-0.4, -0.2) is 44.4 Å². The van der Waals surface area contributed by atoms with Gasteiger partial charge in [-0.2, -0.15) is 8.42 Å². The lowest BCUT2D eigenvalue weighted by atomic mass is 10.1. The zero-order chi connectivity index (χ0) is 22.8. The lowest BCUT2D eigenvalue weighted by Gasteiger charge is -2.29. The summed E-state index contributed by atoms with van der Waals surface area (Å²) in [5, 5.41) is 0. The molecule has 2 atom stereocenters. The fourth-order valence-electron chi connectivity index (χ4n) is 3.64. The summed E-state index contributed by atoms with van der Waals surface area (Å²) in [6.45, 7) is 2.61. The average molecular weight is 463 g/mol. The molecule has 0 unspecified atom stereocenters. The van der Waals surface area contributed by atoms with Gasteiger partial charge in [0.25, 0.3) is 0 Å². The highest BCUT2D eigenvalue weighted by Gasteiger charge is 2.33. The van der Waals surface area contributed by atoms with Crippen LogP contribution in [0.3, 0.4) is 0 Å². The molecule has 1 aliphatic rings. The van der Waals surface area contributed by atoms with Gasteiger partial charge in [-0.3, -0.25) is 9.35 Å². The molecular formula is C23H42O7S. The molecule has 1 N–H and O–H groups in total. The Bertz CT molecular complexity index is 589. The van der Waals surface area contributed by atoms with E-state index in [1.54, 1.807) is 0 Å². The van der Waals surface area contributed by atoms with Gasteiger partial charge in [-0.15, -0.1) is 0 Å². The minimum atomic E-state index is -4.59. The summed E-state index contributed by atoms with van der Waals surface area (Å²) in [7, 11) is -4.59. The van der Waals surface area contributed by atoms with Crippen LogP contribution < -0.4 is 0 Å². The van der Waals surface area contributed by atoms with E-state index < -0.39 is 28.6 Å². The van der Waals surface area contributed by atoms with Gasteiger partial charge in [-0.05, 0) is 32.1 Å². The van der Waals surface area contributed by atoms with Crippen molar-refractivity contribution in [3.63, 3.8) is 0 Å². The zero-order valence-electron chi connectivity index (χ0n) is 19.1. The van der Waals surface area contributed by atoms with E-state index in [0.717, 1.165) is 32.1 Å². The van der Waals surface area contributed by atoms with Crippen molar-refractivity contribution >= 4 is 16.4 Å². The Morgan fingerprint density at radius 3 is 2.13 bits per heavy atom. The Morgan fingerprint density at radius 2 is 1.52 bits per heavy atom. The van der Waals surface area contributed by atoms with Gasteiger partial charge >= 0.3 is 16.4 Å². The molecule has 1 fully saturated rings. The SMILES string of the molecule is CCCCCCCC/C=C\CCCCCCCC(=O)O[C@@H]1COCC[C@@H]1OS(=O)(=O)O. The fourth-order valence-corrected chi connectivity index (χ4v) is 4.17. The third-order valence-corrected chi connectivity index (χ3v) is 5.90. The number of carbonyl (C=O) groups excluding carboxylic acids is 1. The first-order chi connectivity index (χ1) is 14.9. The molecule has 0 aliphatic carbocycles. The Hall–Kier alpha value is -0.960. The van der Waals surface area contributed by atoms with Crippen molar-refractivity contribution in [2.75, 3.05) is 13.2 Å². The van der Waals surface area contributed by atoms with Crippen molar-refractivity contribution in [2.24, 2.45) is 0 Å². The molecular weight excluding hydrogens is 420 g/mol. The number of ether oxygens (including phenoxy) is 2. The fraction of sp³-hybridized carbons (Fsp3) is 0.870. The van der Waals surface area contributed by atoms with Gasteiger partial charge in [-0.1, -0.05) is 70.4 Å². The number of carbonyl (C=O) groups is 1. The molecule has 0 aromatic rings. The number of unbranched alkanes of at least 4 members (excludes halogenated alkanes) is 11. The molecule has 1 rings (SSSR count). The average Bonchev–Trinajstić information content (AvgIpc) is 2.71. The lowest BCUT2D eigenvalue weighted by molar-refractivity contribution is -0.165. The maximum atomic E-state index is 12.0. The molecule has 7 nitrogen and oxygen atoms in total. The van der Waals surface area contributed by atoms with Gasteiger partial charge in [-0.25, -0.2) is 4.18 Å². The third-order valence-electron chi connectivity index (χ3n) is 5.41. The van der Waals surface area contributed by atoms with Gasteiger partial charge in [0, 0.05) is 19.4 Å². The Morgan fingerprint density at radius 1 is 0.935 bits per heavy atom. The molecule has 31 heavy (non-hydrogen) atoms. The molecule has 8 heteroatoms. The third kappa shape index (κ3) is 16.3. The Labute approximate surface area is 188 Å². The van der Waals surface area contributed by atoms with E-state index in [1.165, 1.54) is 51.4 Å². The first kappa shape index (κ1) is 28.1. The standard InChI is InChI=1S/C23H42O7S/c1-2-3-4-5-6-7-8-9-10-11-12-13-14-15-16-17-23(24)29-22-20-28-19-18-21(22)30-31(25,26)27/h9-10,21-22H,2-8,11-20H2,1H3,(H,25,26,27)/b10-9-/t21-,22+/m0/s1. The summed E-state index contributed by atoms with van der Waals surface area (Å²) < 4.78 is 45.8. The number of hydrogen-bond donors (Lipinski definition) is 1. The van der Waals surface area contributed by atoms with Crippen molar-refractivity contribution in [2.45, 2.75) is 115 Å². The van der Waals surface area contributed by atoms with E-state index in [4.69, 9.17) is 14.0 Å². The van der Waals surface area contributed by atoms with Gasteiger partial charge in [0.15, 0.2) is 6.10 Å². The minimum Gasteiger partial charge on any atom is -0.457 e. The molecule has 0 aromatic carbocycles. The Kier molecular flexibility index (Phi) is 15.9. The van der Waals surface area contributed by atoms with Crippen LogP contribution in [0.25, 0.3) is 0 Å². The molecule has 0 bridgehead atoms. The number of rotatable bonds is 18. The molecule has 1 aliphatic heterocycles. The van der Waals surface area contributed by atoms with Crippen LogP contribution in [0.2, 0.25) is 0 Å². The van der Waals surface area contributed by atoms with Crippen molar-refractivity contribution < 1.29 is 31.4 Å². The van der Waals surface area contributed by atoms with E-state index in [-0.39, 0.29) is 19.4 Å². The first-order valence-electron chi connectivity index (χ1n) is 12.0. The van der Waals surface area contributed by atoms with Crippen LogP contribution in [0.4, 0.5) is 0 Å². The van der Waals surface area contributed by atoms with E-state index in [2.05, 4.69) is 23.3 Å². The van der Waals surface area contributed by atoms with E-state index in [9.17, 15) is 13.2 Å². The molecule has 0 amide bonds. The molecule has 182 valence electrons. The minimum absolute atomic E-state index is 0.0678. The second-order valence-electron chi connectivity index (χ2n) is 8.29. The number of esters is 1. The maximum absolute atomic E-state index is 12.0. The summed E-state index contributed by atoms with van der Waals surface area (Å²) in [6, 6.07) is 0. The van der Waals surface area contributed by atoms with Crippen molar-refractivity contribution in [1.82, 2.24) is 0 Å². The van der Waals surface area contributed by atoms with Crippen molar-refractivity contribution in [3.8, 4) is 0 Å². The summed E-state index contributed by atoms with van der Waals surface area (Å²) >= 11 is 0. The molecule has 0 saturated carbocycles. The first-order valence-corrected chi connectivity index (χ1v) is 13.4. The normalized spacial score (nSPS) is 19.7. The zero-order valence-corrected chi connectivity index (χ0v) is 20.0. The lowest BCUT2D eigenvalue weighted by Crippen LogP contribution is -2.42. The van der Waals surface area contributed by atoms with Gasteiger partial charge < -0.3 is 9.47 Å². The van der Waals surface area contributed by atoms with Crippen molar-refractivity contribution in [3.05, 3.63) is 12.2 Å². The largest absolute Gasteiger partial charge is 0.457 e. The predicted octanol–water partition coefficient (Wildman–Crippen LogP) is 5.54. The van der Waals surface area contributed by atoms with Gasteiger partial charge in [0.2, 0.25) is 0 Å². The van der Waals surface area contributed by atoms with Crippen LogP contribution in [0.15, 0.2) is 12.2 Å². The van der Waals surface area contributed by atoms with E-state index in [1.807, 2.05) is 0 Å². The highest BCUT2D eigenvalue weighted by atomic mass is 32.3. The van der Waals surface area contributed by atoms with E-state index in [0.29, 0.717) is 6.61 Å². The van der Waals surface area contributed by atoms with Crippen LogP contribution in [0.1, 0.15) is 103 Å². The number of hydrogen-bond acceptors (Lipinski definition) is 6. The molecule has 0 aromatic heterocycles. The van der Waals surface area contributed by atoms with Crippen molar-refractivity contribution in [1.29, 1.82) is 0 Å². The summed E-state index contributed by atoms with van der Waals surface area (Å²) in [6.07, 6.45) is 18.9. The molecule has 1 saturated heterocycles. The highest BCUT2D eigenvalue weighted by molar-refractivity contribution is 7.80. The van der Waals surface area contributed by atoms with Gasteiger partial charge in [0.05, 0.1) is 6.61 Å². The summed E-state index contributed by atoms with van der Waals surface area (Å²) in [4.78, 5) is 12.0. The summed E-state index contributed by atoms with van der Waals surface area (Å²) in [5.74, 6) is -0.392. The summed E-state index contributed by atoms with van der Waals surface area (Å²) in [5.41, 5.74) is 0. The second kappa shape index (κ2) is 17.6. The van der Waals surface area contributed by atoms with Crippen LogP contribution >= 0.6 is 0 Å². The Balaban J connectivity index is 1.99. The highest BCUT2D eigenvalue weighted by Crippen LogP contribution is 2.18. The number of allylic oxidation sites excluding steroid dienone is 2. The van der Waals surface area contributed by atoms with Crippen LogP contribution in [-0.2, 0) is 28.9 Å². The van der Waals surface area contributed by atoms with Crippen LogP contribution in [0.5, 0.6) is 0 Å². The van der Waals surface area contributed by atoms with E-state index >= 15 is 0 Å². The molecule has 0 spiro atoms. The monoisotopic (exact) mass is 462 g/mol. The second-order valence-corrected chi connectivity index (χ2v) is 9.34. The predicted molar refractivity (Wildman–Crippen MR) is 121 cm³/mol. The topological polar surface area (TPSA) is 99.1 Å².